The molecule has 2 rings (SSSR count). The van der Waals surface area contributed by atoms with Gasteiger partial charge in [0.05, 0.1) is 0 Å². The Morgan fingerprint density at radius 3 is 2.71 bits per heavy atom. The van der Waals surface area contributed by atoms with Gasteiger partial charge in [-0.15, -0.1) is 0 Å². The fourth-order valence-electron chi connectivity index (χ4n) is 1.22. The van der Waals surface area contributed by atoms with Crippen LogP contribution in [0.15, 0.2) is 39.4 Å². The average molecular weight is 316 g/mol. The first-order valence-electron chi connectivity index (χ1n) is 4.80. The standard InChI is InChI=1S/C12H8BrClO3/c1-7-2-3-8(6-9(7)14)16-12(15)10-4-5-11(13)17-10/h2-6H,1H3. The van der Waals surface area contributed by atoms with Crippen molar-refractivity contribution in [2.24, 2.45) is 0 Å². The molecule has 0 aliphatic rings. The average Bonchev–Trinajstić information content (AvgIpc) is 2.70. The van der Waals surface area contributed by atoms with E-state index in [2.05, 4.69) is 15.9 Å². The lowest BCUT2D eigenvalue weighted by Gasteiger charge is -2.04. The van der Waals surface area contributed by atoms with Crippen LogP contribution in [0.4, 0.5) is 0 Å². The lowest BCUT2D eigenvalue weighted by atomic mass is 10.2. The molecule has 0 saturated carbocycles. The second-order valence-electron chi connectivity index (χ2n) is 3.40. The first kappa shape index (κ1) is 12.2. The van der Waals surface area contributed by atoms with E-state index in [-0.39, 0.29) is 5.76 Å². The molecule has 0 aliphatic carbocycles. The molecule has 0 radical (unpaired) electrons. The number of halogens is 2. The van der Waals surface area contributed by atoms with Crippen molar-refractivity contribution in [3.8, 4) is 5.75 Å². The second-order valence-corrected chi connectivity index (χ2v) is 4.59. The maximum Gasteiger partial charge on any atom is 0.379 e. The summed E-state index contributed by atoms with van der Waals surface area (Å²) >= 11 is 9.04. The Bertz CT molecular complexity index is 563. The van der Waals surface area contributed by atoms with Gasteiger partial charge in [-0.05, 0) is 52.7 Å². The summed E-state index contributed by atoms with van der Waals surface area (Å²) in [4.78, 5) is 11.6. The predicted molar refractivity (Wildman–Crippen MR) is 67.6 cm³/mol. The number of carbonyl (C=O) groups is 1. The van der Waals surface area contributed by atoms with E-state index in [1.54, 1.807) is 24.3 Å². The van der Waals surface area contributed by atoms with Gasteiger partial charge in [0.25, 0.3) is 0 Å². The molecule has 1 aromatic carbocycles. The molecule has 0 spiro atoms. The predicted octanol–water partition coefficient (Wildman–Crippen LogP) is 4.22. The highest BCUT2D eigenvalue weighted by Gasteiger charge is 2.13. The van der Waals surface area contributed by atoms with Crippen molar-refractivity contribution in [2.75, 3.05) is 0 Å². The quantitative estimate of drug-likeness (QED) is 0.615. The van der Waals surface area contributed by atoms with Crippen molar-refractivity contribution in [1.29, 1.82) is 0 Å². The van der Waals surface area contributed by atoms with Gasteiger partial charge in [-0.25, -0.2) is 4.79 Å². The van der Waals surface area contributed by atoms with Crippen LogP contribution in [-0.4, -0.2) is 5.97 Å². The molecule has 1 aromatic heterocycles. The van der Waals surface area contributed by atoms with Crippen LogP contribution in [0.3, 0.4) is 0 Å². The summed E-state index contributed by atoms with van der Waals surface area (Å²) in [7, 11) is 0. The van der Waals surface area contributed by atoms with E-state index >= 15 is 0 Å². The molecule has 3 nitrogen and oxygen atoms in total. The van der Waals surface area contributed by atoms with Crippen LogP contribution in [0.1, 0.15) is 16.1 Å². The maximum atomic E-state index is 11.6. The van der Waals surface area contributed by atoms with Gasteiger partial charge in [-0.1, -0.05) is 17.7 Å². The summed E-state index contributed by atoms with van der Waals surface area (Å²) in [6.07, 6.45) is 0. The number of ether oxygens (including phenoxy) is 1. The van der Waals surface area contributed by atoms with Crippen LogP contribution in [0.25, 0.3) is 0 Å². The lowest BCUT2D eigenvalue weighted by molar-refractivity contribution is 0.0700. The summed E-state index contributed by atoms with van der Waals surface area (Å²) in [5, 5.41) is 0.552. The van der Waals surface area contributed by atoms with Crippen LogP contribution in [0, 0.1) is 6.92 Å². The summed E-state index contributed by atoms with van der Waals surface area (Å²) in [5.74, 6) is -0.0395. The molecule has 0 amide bonds. The van der Waals surface area contributed by atoms with E-state index in [1.807, 2.05) is 6.92 Å². The number of esters is 1. The van der Waals surface area contributed by atoms with Gasteiger partial charge in [-0.3, -0.25) is 0 Å². The zero-order chi connectivity index (χ0) is 12.4. The minimum absolute atomic E-state index is 0.133. The Balaban J connectivity index is 2.15. The number of carbonyl (C=O) groups excluding carboxylic acids is 1. The van der Waals surface area contributed by atoms with Gasteiger partial charge >= 0.3 is 5.97 Å². The first-order chi connectivity index (χ1) is 8.06. The Kier molecular flexibility index (Phi) is 3.54. The van der Waals surface area contributed by atoms with Crippen LogP contribution in [0.5, 0.6) is 5.75 Å². The molecular formula is C12H8BrClO3. The van der Waals surface area contributed by atoms with Gasteiger partial charge in [0.15, 0.2) is 4.67 Å². The summed E-state index contributed by atoms with van der Waals surface area (Å²) in [6.45, 7) is 1.87. The third-order valence-electron chi connectivity index (χ3n) is 2.13. The number of hydrogen-bond donors (Lipinski definition) is 0. The molecular weight excluding hydrogens is 307 g/mol. The SMILES string of the molecule is Cc1ccc(OC(=O)c2ccc(Br)o2)cc1Cl. The molecule has 0 saturated heterocycles. The Hall–Kier alpha value is -1.26. The fourth-order valence-corrected chi connectivity index (χ4v) is 1.70. The topological polar surface area (TPSA) is 39.4 Å². The largest absolute Gasteiger partial charge is 0.442 e. The highest BCUT2D eigenvalue weighted by molar-refractivity contribution is 9.10. The smallest absolute Gasteiger partial charge is 0.379 e. The van der Waals surface area contributed by atoms with E-state index in [0.29, 0.717) is 15.4 Å². The molecule has 0 N–H and O–H groups in total. The Labute approximate surface area is 111 Å². The van der Waals surface area contributed by atoms with Gasteiger partial charge < -0.3 is 9.15 Å². The molecule has 0 aliphatic heterocycles. The molecule has 5 heteroatoms. The molecule has 88 valence electrons. The first-order valence-corrected chi connectivity index (χ1v) is 5.97. The highest BCUT2D eigenvalue weighted by Crippen LogP contribution is 2.23. The Morgan fingerprint density at radius 1 is 1.35 bits per heavy atom. The number of benzene rings is 1. The lowest BCUT2D eigenvalue weighted by Crippen LogP contribution is -2.07. The van der Waals surface area contributed by atoms with Gasteiger partial charge in [0, 0.05) is 5.02 Å². The minimum atomic E-state index is -0.560. The van der Waals surface area contributed by atoms with Crippen molar-refractivity contribution in [3.63, 3.8) is 0 Å². The second kappa shape index (κ2) is 4.94. The third kappa shape index (κ3) is 2.90. The van der Waals surface area contributed by atoms with Crippen molar-refractivity contribution in [3.05, 3.63) is 51.3 Å². The van der Waals surface area contributed by atoms with Crippen molar-refractivity contribution in [1.82, 2.24) is 0 Å². The normalized spacial score (nSPS) is 10.3. The number of hydrogen-bond acceptors (Lipinski definition) is 3. The van der Waals surface area contributed by atoms with Crippen molar-refractivity contribution >= 4 is 33.5 Å². The van der Waals surface area contributed by atoms with Crippen LogP contribution < -0.4 is 4.74 Å². The number of rotatable bonds is 2. The zero-order valence-corrected chi connectivity index (χ0v) is 11.2. The molecule has 1 heterocycles. The molecule has 0 atom stereocenters. The van der Waals surface area contributed by atoms with E-state index in [9.17, 15) is 4.79 Å². The Morgan fingerprint density at radius 2 is 2.12 bits per heavy atom. The van der Waals surface area contributed by atoms with Crippen LogP contribution in [0.2, 0.25) is 5.02 Å². The third-order valence-corrected chi connectivity index (χ3v) is 2.96. The summed E-state index contributed by atoms with van der Waals surface area (Å²) in [5.41, 5.74) is 0.923. The number of aryl methyl sites for hydroxylation is 1. The molecule has 0 fully saturated rings. The zero-order valence-electron chi connectivity index (χ0n) is 8.87. The minimum Gasteiger partial charge on any atom is -0.442 e. The molecule has 17 heavy (non-hydrogen) atoms. The van der Waals surface area contributed by atoms with Crippen LogP contribution in [-0.2, 0) is 0 Å². The van der Waals surface area contributed by atoms with E-state index in [1.165, 1.54) is 6.07 Å². The summed E-state index contributed by atoms with van der Waals surface area (Å²) in [6, 6.07) is 8.20. The van der Waals surface area contributed by atoms with Gasteiger partial charge in [0.2, 0.25) is 5.76 Å². The monoisotopic (exact) mass is 314 g/mol. The van der Waals surface area contributed by atoms with E-state index in [4.69, 9.17) is 20.8 Å². The maximum absolute atomic E-state index is 11.6. The van der Waals surface area contributed by atoms with Crippen molar-refractivity contribution in [2.45, 2.75) is 6.92 Å². The number of furan rings is 1. The molecule has 0 bridgehead atoms. The van der Waals surface area contributed by atoms with Gasteiger partial charge in [0.1, 0.15) is 5.75 Å². The fraction of sp³-hybridized carbons (Fsp3) is 0.0833. The molecule has 0 unspecified atom stereocenters. The summed E-state index contributed by atoms with van der Waals surface area (Å²) < 4.78 is 10.7. The van der Waals surface area contributed by atoms with Crippen LogP contribution >= 0.6 is 27.5 Å². The molecule has 2 aromatic rings. The highest BCUT2D eigenvalue weighted by atomic mass is 79.9. The van der Waals surface area contributed by atoms with Crippen molar-refractivity contribution < 1.29 is 13.9 Å². The van der Waals surface area contributed by atoms with Gasteiger partial charge in [-0.2, -0.15) is 0 Å². The van der Waals surface area contributed by atoms with E-state index < -0.39 is 5.97 Å². The van der Waals surface area contributed by atoms with E-state index in [0.717, 1.165) is 5.56 Å².